The molecule has 3 rings (SSSR count). The fraction of sp³-hybridized carbons (Fsp3) is 0.400. The zero-order chi connectivity index (χ0) is 13.2. The van der Waals surface area contributed by atoms with Crippen molar-refractivity contribution >= 4 is 10.9 Å². The van der Waals surface area contributed by atoms with Gasteiger partial charge in [-0.05, 0) is 31.7 Å². The third kappa shape index (κ3) is 2.36. The molecule has 2 heterocycles. The van der Waals surface area contributed by atoms with Gasteiger partial charge in [-0.15, -0.1) is 0 Å². The van der Waals surface area contributed by atoms with Crippen molar-refractivity contribution in [2.24, 2.45) is 0 Å². The van der Waals surface area contributed by atoms with Gasteiger partial charge in [-0.2, -0.15) is 0 Å². The highest BCUT2D eigenvalue weighted by Crippen LogP contribution is 2.34. The van der Waals surface area contributed by atoms with Gasteiger partial charge in [0, 0.05) is 30.1 Å². The van der Waals surface area contributed by atoms with E-state index in [1.165, 1.54) is 5.56 Å². The monoisotopic (exact) mass is 258 g/mol. The van der Waals surface area contributed by atoms with Crippen molar-refractivity contribution in [3.05, 3.63) is 29.5 Å². The fourth-order valence-electron chi connectivity index (χ4n) is 2.35. The third-order valence-corrected chi connectivity index (χ3v) is 3.39. The van der Waals surface area contributed by atoms with Gasteiger partial charge in [0.15, 0.2) is 11.5 Å². The van der Waals surface area contributed by atoms with Crippen LogP contribution in [0.5, 0.6) is 11.5 Å². The summed E-state index contributed by atoms with van der Waals surface area (Å²) < 4.78 is 11.2. The average Bonchev–Trinajstić information content (AvgIpc) is 2.43. The Morgan fingerprint density at radius 1 is 1.16 bits per heavy atom. The molecule has 0 spiro atoms. The maximum absolute atomic E-state index is 5.61. The molecule has 1 aliphatic rings. The van der Waals surface area contributed by atoms with E-state index in [9.17, 15) is 0 Å². The number of nitrogens with zero attached hydrogens (tertiary/aromatic N) is 1. The first-order valence-corrected chi connectivity index (χ1v) is 6.62. The van der Waals surface area contributed by atoms with Gasteiger partial charge in [-0.3, -0.25) is 4.98 Å². The first kappa shape index (κ1) is 12.2. The van der Waals surface area contributed by atoms with E-state index in [1.54, 1.807) is 0 Å². The first-order valence-electron chi connectivity index (χ1n) is 6.62. The Labute approximate surface area is 112 Å². The summed E-state index contributed by atoms with van der Waals surface area (Å²) >= 11 is 0. The van der Waals surface area contributed by atoms with Crippen LogP contribution < -0.4 is 14.8 Å². The Morgan fingerprint density at radius 3 is 2.63 bits per heavy atom. The number of hydrogen-bond acceptors (Lipinski definition) is 4. The maximum Gasteiger partial charge on any atom is 0.163 e. The van der Waals surface area contributed by atoms with Crippen molar-refractivity contribution in [3.8, 4) is 11.5 Å². The number of nitrogens with one attached hydrogen (secondary N) is 1. The number of likely N-dealkylation sites (N-methyl/N-ethyl adjacent to an activating group) is 1. The highest BCUT2D eigenvalue weighted by Gasteiger charge is 2.14. The number of aromatic nitrogens is 1. The number of pyridine rings is 1. The Balaban J connectivity index is 2.06. The second-order valence-corrected chi connectivity index (χ2v) is 4.79. The average molecular weight is 258 g/mol. The molecule has 1 aromatic heterocycles. The molecule has 100 valence electrons. The molecule has 4 heteroatoms. The molecule has 19 heavy (non-hydrogen) atoms. The summed E-state index contributed by atoms with van der Waals surface area (Å²) in [7, 11) is 1.96. The van der Waals surface area contributed by atoms with Crippen LogP contribution in [0.4, 0.5) is 0 Å². The number of hydrogen-bond donors (Lipinski definition) is 1. The molecule has 0 saturated heterocycles. The van der Waals surface area contributed by atoms with Gasteiger partial charge in [0.25, 0.3) is 0 Å². The van der Waals surface area contributed by atoms with Gasteiger partial charge < -0.3 is 14.8 Å². The van der Waals surface area contributed by atoms with Crippen molar-refractivity contribution in [3.63, 3.8) is 0 Å². The molecule has 0 bridgehead atoms. The van der Waals surface area contributed by atoms with E-state index >= 15 is 0 Å². The van der Waals surface area contributed by atoms with Gasteiger partial charge in [-0.25, -0.2) is 0 Å². The van der Waals surface area contributed by atoms with E-state index in [0.717, 1.165) is 41.1 Å². The topological polar surface area (TPSA) is 43.4 Å². The molecule has 0 saturated carbocycles. The quantitative estimate of drug-likeness (QED) is 0.915. The van der Waals surface area contributed by atoms with E-state index in [0.29, 0.717) is 13.2 Å². The van der Waals surface area contributed by atoms with Crippen LogP contribution in [0.25, 0.3) is 10.9 Å². The van der Waals surface area contributed by atoms with Gasteiger partial charge in [0.1, 0.15) is 13.2 Å². The van der Waals surface area contributed by atoms with Crippen LogP contribution in [0.15, 0.2) is 18.2 Å². The lowest BCUT2D eigenvalue weighted by atomic mass is 10.1. The van der Waals surface area contributed by atoms with Crippen LogP contribution >= 0.6 is 0 Å². The van der Waals surface area contributed by atoms with Crippen LogP contribution in [0, 0.1) is 6.92 Å². The maximum atomic E-state index is 5.61. The smallest absolute Gasteiger partial charge is 0.163 e. The normalized spacial score (nSPS) is 13.8. The minimum absolute atomic E-state index is 0.608. The van der Waals surface area contributed by atoms with Gasteiger partial charge in [0.2, 0.25) is 0 Å². The Morgan fingerprint density at radius 2 is 1.89 bits per heavy atom. The molecular formula is C15H18N2O2. The lowest BCUT2D eigenvalue weighted by Crippen LogP contribution is -2.15. The predicted molar refractivity (Wildman–Crippen MR) is 75.1 cm³/mol. The number of rotatable bonds is 3. The molecule has 0 radical (unpaired) electrons. The number of fused-ring (bicyclic) bond motifs is 2. The fourth-order valence-corrected chi connectivity index (χ4v) is 2.35. The molecule has 4 nitrogen and oxygen atoms in total. The summed E-state index contributed by atoms with van der Waals surface area (Å²) in [6.45, 7) is 4.26. The Hall–Kier alpha value is -1.81. The lowest BCUT2D eigenvalue weighted by molar-refractivity contribution is 0.172. The Kier molecular flexibility index (Phi) is 3.25. The molecule has 0 aliphatic carbocycles. The van der Waals surface area contributed by atoms with Crippen LogP contribution in [-0.2, 0) is 6.42 Å². The zero-order valence-electron chi connectivity index (χ0n) is 11.3. The first-order chi connectivity index (χ1) is 9.28. The van der Waals surface area contributed by atoms with Crippen molar-refractivity contribution < 1.29 is 9.47 Å². The highest BCUT2D eigenvalue weighted by molar-refractivity contribution is 5.83. The molecule has 1 aliphatic heterocycles. The van der Waals surface area contributed by atoms with Gasteiger partial charge >= 0.3 is 0 Å². The largest absolute Gasteiger partial charge is 0.486 e. The van der Waals surface area contributed by atoms with Crippen molar-refractivity contribution in [2.45, 2.75) is 13.3 Å². The second-order valence-electron chi connectivity index (χ2n) is 4.79. The lowest BCUT2D eigenvalue weighted by Gasteiger charge is -2.19. The third-order valence-electron chi connectivity index (χ3n) is 3.39. The molecule has 0 atom stereocenters. The second kappa shape index (κ2) is 5.05. The number of ether oxygens (including phenoxy) is 2. The van der Waals surface area contributed by atoms with Gasteiger partial charge in [0.05, 0.1) is 5.52 Å². The molecule has 0 unspecified atom stereocenters. The van der Waals surface area contributed by atoms with E-state index < -0.39 is 0 Å². The van der Waals surface area contributed by atoms with Gasteiger partial charge in [-0.1, -0.05) is 0 Å². The molecular weight excluding hydrogens is 240 g/mol. The zero-order valence-corrected chi connectivity index (χ0v) is 11.3. The standard InChI is InChI=1S/C15H18N2O2/c1-10-7-11-8-14-15(19-6-5-18-14)9-13(11)17-12(10)3-4-16-2/h7-9,16H,3-6H2,1-2H3. The molecule has 0 fully saturated rings. The predicted octanol–water partition coefficient (Wildman–Crippen LogP) is 2.08. The summed E-state index contributed by atoms with van der Waals surface area (Å²) in [5, 5.41) is 4.26. The van der Waals surface area contributed by atoms with Crippen LogP contribution in [-0.4, -0.2) is 31.8 Å². The Bertz CT molecular complexity index is 611. The van der Waals surface area contributed by atoms with Crippen LogP contribution in [0.2, 0.25) is 0 Å². The summed E-state index contributed by atoms with van der Waals surface area (Å²) in [4.78, 5) is 4.74. The van der Waals surface area contributed by atoms with E-state index in [-0.39, 0.29) is 0 Å². The van der Waals surface area contributed by atoms with Crippen molar-refractivity contribution in [2.75, 3.05) is 26.8 Å². The summed E-state index contributed by atoms with van der Waals surface area (Å²) in [5.41, 5.74) is 3.33. The summed E-state index contributed by atoms with van der Waals surface area (Å²) in [6.07, 6.45) is 0.937. The van der Waals surface area contributed by atoms with Crippen molar-refractivity contribution in [1.29, 1.82) is 0 Å². The highest BCUT2D eigenvalue weighted by atomic mass is 16.6. The minimum Gasteiger partial charge on any atom is -0.486 e. The molecule has 1 aromatic carbocycles. The number of benzene rings is 1. The molecule has 0 amide bonds. The van der Waals surface area contributed by atoms with E-state index in [2.05, 4.69) is 18.3 Å². The molecule has 2 aromatic rings. The van der Waals surface area contributed by atoms with Crippen LogP contribution in [0.3, 0.4) is 0 Å². The van der Waals surface area contributed by atoms with Crippen LogP contribution in [0.1, 0.15) is 11.3 Å². The summed E-state index contributed by atoms with van der Waals surface area (Å²) in [6, 6.07) is 6.17. The summed E-state index contributed by atoms with van der Waals surface area (Å²) in [5.74, 6) is 1.62. The molecule has 1 N–H and O–H groups in total. The van der Waals surface area contributed by atoms with E-state index in [1.807, 2.05) is 19.2 Å². The van der Waals surface area contributed by atoms with Crippen molar-refractivity contribution in [1.82, 2.24) is 10.3 Å². The minimum atomic E-state index is 0.608. The number of aryl methyl sites for hydroxylation is 1. The van der Waals surface area contributed by atoms with E-state index in [4.69, 9.17) is 14.5 Å². The SMILES string of the molecule is CNCCc1nc2cc3c(cc2cc1C)OCCO3.